The molecule has 36 heavy (non-hydrogen) atoms. The highest BCUT2D eigenvalue weighted by Gasteiger charge is 2.37. The van der Waals surface area contributed by atoms with Gasteiger partial charge >= 0.3 is 0 Å². The number of halogens is 2. The third-order valence-corrected chi connectivity index (χ3v) is 7.14. The lowest BCUT2D eigenvalue weighted by Crippen LogP contribution is -2.25. The first-order valence-corrected chi connectivity index (χ1v) is 12.4. The summed E-state index contributed by atoms with van der Waals surface area (Å²) in [6.07, 6.45) is 2.99. The molecule has 0 unspecified atom stereocenters. The number of aromatic nitrogens is 2. The number of nitrogens with zero attached hydrogens (tertiary/aromatic N) is 2. The Morgan fingerprint density at radius 2 is 1.97 bits per heavy atom. The molecule has 1 aliphatic heterocycles. The largest absolute Gasteiger partial charge is 0.486 e. The Morgan fingerprint density at radius 1 is 1.19 bits per heavy atom. The minimum Gasteiger partial charge on any atom is -0.486 e. The van der Waals surface area contributed by atoms with E-state index in [9.17, 15) is 9.18 Å². The third-order valence-electron chi connectivity index (χ3n) is 6.83. The van der Waals surface area contributed by atoms with Crippen LogP contribution in [0, 0.1) is 5.82 Å². The Morgan fingerprint density at radius 3 is 2.72 bits per heavy atom. The topological polar surface area (TPSA) is 68.2 Å². The fourth-order valence-electron chi connectivity index (χ4n) is 4.96. The number of fused-ring (bicyclic) bond motifs is 3. The van der Waals surface area contributed by atoms with Crippen LogP contribution in [0.3, 0.4) is 0 Å². The number of imidazole rings is 1. The molecule has 0 saturated heterocycles. The maximum Gasteiger partial charge on any atom is 0.259 e. The molecule has 0 atom stereocenters. The summed E-state index contributed by atoms with van der Waals surface area (Å²) in [6.45, 7) is 3.99. The van der Waals surface area contributed by atoms with Gasteiger partial charge < -0.3 is 19.9 Å². The van der Waals surface area contributed by atoms with Crippen LogP contribution in [0.25, 0.3) is 11.0 Å². The monoisotopic (exact) mass is 504 g/mol. The molecule has 1 aromatic heterocycles. The van der Waals surface area contributed by atoms with Gasteiger partial charge in [0.1, 0.15) is 17.2 Å². The number of para-hydroxylation sites is 1. The number of ether oxygens (including phenoxy) is 1. The number of anilines is 3. The average molecular weight is 505 g/mol. The molecular weight excluding hydrogens is 479 g/mol. The number of carbonyl (C=O) groups excluding carboxylic acids is 1. The van der Waals surface area contributed by atoms with Crippen molar-refractivity contribution >= 4 is 45.9 Å². The summed E-state index contributed by atoms with van der Waals surface area (Å²) in [4.78, 5) is 18.2. The van der Waals surface area contributed by atoms with Crippen molar-refractivity contribution in [3.63, 3.8) is 0 Å². The highest BCUT2D eigenvalue weighted by atomic mass is 35.5. The number of benzene rings is 3. The minimum absolute atomic E-state index is 0.152. The molecule has 1 saturated carbocycles. The van der Waals surface area contributed by atoms with Crippen LogP contribution in [0.4, 0.5) is 21.7 Å². The van der Waals surface area contributed by atoms with Gasteiger partial charge in [0, 0.05) is 24.7 Å². The van der Waals surface area contributed by atoms with Crippen LogP contribution in [-0.2, 0) is 13.5 Å². The Labute approximate surface area is 213 Å². The van der Waals surface area contributed by atoms with Crippen molar-refractivity contribution in [3.05, 3.63) is 76.1 Å². The van der Waals surface area contributed by atoms with Crippen LogP contribution >= 0.6 is 11.6 Å². The number of carbonyl (C=O) groups is 1. The van der Waals surface area contributed by atoms with Gasteiger partial charge in [-0.3, -0.25) is 4.79 Å². The molecule has 2 heterocycles. The van der Waals surface area contributed by atoms with Gasteiger partial charge in [0.2, 0.25) is 5.95 Å². The lowest BCUT2D eigenvalue weighted by atomic mass is 9.98. The number of hydrogen-bond donors (Lipinski definition) is 2. The summed E-state index contributed by atoms with van der Waals surface area (Å²) < 4.78 is 22.6. The van der Waals surface area contributed by atoms with Crippen molar-refractivity contribution in [1.29, 1.82) is 0 Å². The van der Waals surface area contributed by atoms with Crippen LogP contribution in [0.2, 0.25) is 5.02 Å². The first-order chi connectivity index (χ1) is 17.2. The molecule has 1 fully saturated rings. The van der Waals surface area contributed by atoms with E-state index >= 15 is 0 Å². The van der Waals surface area contributed by atoms with E-state index in [1.807, 2.05) is 43.7 Å². The normalized spacial score (nSPS) is 16.0. The fourth-order valence-corrected chi connectivity index (χ4v) is 5.17. The Kier molecular flexibility index (Phi) is 5.23. The molecule has 1 aliphatic carbocycles. The summed E-state index contributed by atoms with van der Waals surface area (Å²) in [7, 11) is 1.85. The standard InChI is InChI=1S/C28H26ClFN4O2/c1-28(2)14-19-24-22(32-27(34(24)3)33-23-20(29)8-5-9-21(23)30)13-18(25(19)36-28)26(35)31-17-7-4-6-16(12-17)15-10-11-15/h4-9,12-13,15H,10-11,14H2,1-3H3,(H,31,35)(H,32,33). The Bertz CT molecular complexity index is 1520. The molecule has 4 aromatic rings. The smallest absolute Gasteiger partial charge is 0.259 e. The first-order valence-electron chi connectivity index (χ1n) is 12.0. The van der Waals surface area contributed by atoms with Gasteiger partial charge in [0.05, 0.1) is 27.3 Å². The summed E-state index contributed by atoms with van der Waals surface area (Å²) in [5, 5.41) is 6.32. The van der Waals surface area contributed by atoms with E-state index in [-0.39, 0.29) is 16.6 Å². The number of rotatable bonds is 5. The molecule has 8 heteroatoms. The predicted molar refractivity (Wildman–Crippen MR) is 140 cm³/mol. The van der Waals surface area contributed by atoms with Gasteiger partial charge in [-0.05, 0) is 68.5 Å². The molecule has 0 spiro atoms. The highest BCUT2D eigenvalue weighted by molar-refractivity contribution is 6.33. The summed E-state index contributed by atoms with van der Waals surface area (Å²) in [5.41, 5.74) is 4.45. The van der Waals surface area contributed by atoms with Crippen LogP contribution in [-0.4, -0.2) is 21.1 Å². The molecule has 3 aromatic carbocycles. The molecule has 1 amide bonds. The number of amides is 1. The Hall–Kier alpha value is -3.58. The van der Waals surface area contributed by atoms with Crippen LogP contribution < -0.4 is 15.4 Å². The first kappa shape index (κ1) is 22.9. The van der Waals surface area contributed by atoms with Gasteiger partial charge in [-0.15, -0.1) is 0 Å². The number of hydrogen-bond acceptors (Lipinski definition) is 4. The minimum atomic E-state index is -0.482. The second kappa shape index (κ2) is 8.23. The van der Waals surface area contributed by atoms with Crippen molar-refractivity contribution in [2.24, 2.45) is 7.05 Å². The van der Waals surface area contributed by atoms with E-state index in [0.29, 0.717) is 35.1 Å². The molecule has 0 radical (unpaired) electrons. The van der Waals surface area contributed by atoms with Crippen molar-refractivity contribution in [2.75, 3.05) is 10.6 Å². The lowest BCUT2D eigenvalue weighted by Gasteiger charge is -2.18. The van der Waals surface area contributed by atoms with Gasteiger partial charge in [-0.1, -0.05) is 29.8 Å². The van der Waals surface area contributed by atoms with E-state index < -0.39 is 11.4 Å². The van der Waals surface area contributed by atoms with Gasteiger partial charge in [0.15, 0.2) is 0 Å². The van der Waals surface area contributed by atoms with E-state index in [4.69, 9.17) is 21.3 Å². The quantitative estimate of drug-likeness (QED) is 0.308. The number of aryl methyl sites for hydroxylation is 1. The molecule has 2 aliphatic rings. The SMILES string of the molecule is Cn1c(Nc2c(F)cccc2Cl)nc2cc(C(=O)Nc3cccc(C4CC4)c3)c3c(c21)CC(C)(C)O3. The van der Waals surface area contributed by atoms with Crippen LogP contribution in [0.15, 0.2) is 48.5 Å². The van der Waals surface area contributed by atoms with Gasteiger partial charge in [-0.25, -0.2) is 9.37 Å². The molecule has 2 N–H and O–H groups in total. The van der Waals surface area contributed by atoms with Crippen molar-refractivity contribution < 1.29 is 13.9 Å². The maximum absolute atomic E-state index is 14.4. The molecule has 0 bridgehead atoms. The van der Waals surface area contributed by atoms with E-state index in [2.05, 4.69) is 16.7 Å². The summed E-state index contributed by atoms with van der Waals surface area (Å²) in [6, 6.07) is 14.3. The van der Waals surface area contributed by atoms with Crippen LogP contribution in [0.5, 0.6) is 5.75 Å². The predicted octanol–water partition coefficient (Wildman–Crippen LogP) is 6.95. The lowest BCUT2D eigenvalue weighted by molar-refractivity contribution is 0.101. The second-order valence-electron chi connectivity index (χ2n) is 10.2. The fraction of sp³-hybridized carbons (Fsp3) is 0.286. The van der Waals surface area contributed by atoms with Gasteiger partial charge in [-0.2, -0.15) is 0 Å². The third kappa shape index (κ3) is 3.97. The second-order valence-corrected chi connectivity index (χ2v) is 10.6. The zero-order valence-corrected chi connectivity index (χ0v) is 21.0. The molecule has 184 valence electrons. The molecule has 6 rings (SSSR count). The van der Waals surface area contributed by atoms with Crippen molar-refractivity contribution in [1.82, 2.24) is 9.55 Å². The van der Waals surface area contributed by atoms with Crippen molar-refractivity contribution in [3.8, 4) is 5.75 Å². The molecule has 6 nitrogen and oxygen atoms in total. The van der Waals surface area contributed by atoms with Gasteiger partial charge in [0.25, 0.3) is 5.91 Å². The van der Waals surface area contributed by atoms with Crippen molar-refractivity contribution in [2.45, 2.75) is 44.6 Å². The average Bonchev–Trinajstić information content (AvgIpc) is 3.56. The highest BCUT2D eigenvalue weighted by Crippen LogP contribution is 2.44. The zero-order valence-electron chi connectivity index (χ0n) is 20.3. The summed E-state index contributed by atoms with van der Waals surface area (Å²) >= 11 is 6.23. The Balaban J connectivity index is 1.42. The van der Waals surface area contributed by atoms with Crippen LogP contribution in [0.1, 0.15) is 54.1 Å². The maximum atomic E-state index is 14.4. The summed E-state index contributed by atoms with van der Waals surface area (Å²) in [5.74, 6) is 0.836. The molecular formula is C28H26ClFN4O2. The number of nitrogens with one attached hydrogen (secondary N) is 2. The zero-order chi connectivity index (χ0) is 25.2. The van der Waals surface area contributed by atoms with E-state index in [1.54, 1.807) is 18.2 Å². The van der Waals surface area contributed by atoms with E-state index in [1.165, 1.54) is 24.5 Å². The van der Waals surface area contributed by atoms with E-state index in [0.717, 1.165) is 16.8 Å².